The summed E-state index contributed by atoms with van der Waals surface area (Å²) in [6, 6.07) is 10.3. The molecule has 2 heterocycles. The highest BCUT2D eigenvalue weighted by molar-refractivity contribution is 5.80. The van der Waals surface area contributed by atoms with Gasteiger partial charge in [0.1, 0.15) is 11.9 Å². The molecule has 2 fully saturated rings. The average molecular weight is 331 g/mol. The summed E-state index contributed by atoms with van der Waals surface area (Å²) in [5.74, 6) is 1.77. The quantitative estimate of drug-likeness (QED) is 0.596. The van der Waals surface area contributed by atoms with E-state index in [-0.39, 0.29) is 6.10 Å². The van der Waals surface area contributed by atoms with Gasteiger partial charge in [0.25, 0.3) is 0 Å². The van der Waals surface area contributed by atoms with Crippen molar-refractivity contribution >= 4 is 5.96 Å². The van der Waals surface area contributed by atoms with Crippen molar-refractivity contribution < 1.29 is 9.47 Å². The van der Waals surface area contributed by atoms with Gasteiger partial charge in [-0.05, 0) is 44.7 Å². The zero-order valence-corrected chi connectivity index (χ0v) is 14.7. The molecule has 0 spiro atoms. The van der Waals surface area contributed by atoms with Crippen molar-refractivity contribution in [3.63, 3.8) is 0 Å². The van der Waals surface area contributed by atoms with Gasteiger partial charge in [0, 0.05) is 6.54 Å². The standard InChI is InChI=1S/C19H29N3O2/c1-3-14(23-15-8-6-5-7-9-15)13-21-19(20-4-2)22-17-12-16-10-11-18(17)24-16/h5-9,14,16-18H,3-4,10-13H2,1-2H3,(H2,20,21,22). The number of benzene rings is 1. The molecular weight excluding hydrogens is 302 g/mol. The summed E-state index contributed by atoms with van der Waals surface area (Å²) in [5, 5.41) is 6.89. The maximum atomic E-state index is 6.02. The van der Waals surface area contributed by atoms with Gasteiger partial charge in [0.2, 0.25) is 0 Å². The van der Waals surface area contributed by atoms with E-state index in [2.05, 4.69) is 24.5 Å². The first-order valence-corrected chi connectivity index (χ1v) is 9.20. The van der Waals surface area contributed by atoms with Crippen LogP contribution in [0.4, 0.5) is 0 Å². The molecule has 1 aromatic rings. The van der Waals surface area contributed by atoms with Crippen molar-refractivity contribution in [2.45, 2.75) is 63.9 Å². The lowest BCUT2D eigenvalue weighted by Gasteiger charge is -2.23. The molecule has 0 radical (unpaired) electrons. The zero-order valence-electron chi connectivity index (χ0n) is 14.7. The number of guanidine groups is 1. The minimum atomic E-state index is 0.0825. The lowest BCUT2D eigenvalue weighted by molar-refractivity contribution is 0.0992. The SMILES string of the molecule is CCNC(=NCC(CC)Oc1ccccc1)NC1CC2CCC1O2. The van der Waals surface area contributed by atoms with Crippen LogP contribution < -0.4 is 15.4 Å². The Balaban J connectivity index is 1.55. The molecule has 0 aromatic heterocycles. The smallest absolute Gasteiger partial charge is 0.191 e. The summed E-state index contributed by atoms with van der Waals surface area (Å²) < 4.78 is 11.9. The van der Waals surface area contributed by atoms with E-state index < -0.39 is 0 Å². The van der Waals surface area contributed by atoms with Crippen LogP contribution in [0.15, 0.2) is 35.3 Å². The van der Waals surface area contributed by atoms with Gasteiger partial charge in [0.05, 0.1) is 24.8 Å². The Morgan fingerprint density at radius 1 is 1.29 bits per heavy atom. The van der Waals surface area contributed by atoms with Crippen molar-refractivity contribution in [2.75, 3.05) is 13.1 Å². The molecule has 2 aliphatic rings. The summed E-state index contributed by atoms with van der Waals surface area (Å²) in [6.45, 7) is 5.71. The Morgan fingerprint density at radius 2 is 2.12 bits per heavy atom. The molecule has 132 valence electrons. The van der Waals surface area contributed by atoms with Crippen LogP contribution in [-0.2, 0) is 4.74 Å². The fraction of sp³-hybridized carbons (Fsp3) is 0.632. The third-order valence-corrected chi connectivity index (χ3v) is 4.73. The molecule has 3 rings (SSSR count). The summed E-state index contributed by atoms with van der Waals surface area (Å²) in [6.07, 6.45) is 5.26. The van der Waals surface area contributed by atoms with E-state index in [1.54, 1.807) is 0 Å². The first kappa shape index (κ1) is 17.1. The van der Waals surface area contributed by atoms with E-state index in [1.807, 2.05) is 30.3 Å². The number of nitrogens with zero attached hydrogens (tertiary/aromatic N) is 1. The first-order valence-electron chi connectivity index (χ1n) is 9.20. The van der Waals surface area contributed by atoms with Gasteiger partial charge < -0.3 is 20.1 Å². The molecular formula is C19H29N3O2. The largest absolute Gasteiger partial charge is 0.489 e. The summed E-state index contributed by atoms with van der Waals surface area (Å²) in [4.78, 5) is 4.74. The minimum Gasteiger partial charge on any atom is -0.489 e. The second-order valence-electron chi connectivity index (χ2n) is 6.54. The van der Waals surface area contributed by atoms with Crippen molar-refractivity contribution in [2.24, 2.45) is 4.99 Å². The molecule has 1 aromatic carbocycles. The maximum Gasteiger partial charge on any atom is 0.191 e. The summed E-state index contributed by atoms with van der Waals surface area (Å²) in [7, 11) is 0. The van der Waals surface area contributed by atoms with E-state index in [0.29, 0.717) is 24.8 Å². The number of rotatable bonds is 7. The van der Waals surface area contributed by atoms with Gasteiger partial charge in [-0.3, -0.25) is 0 Å². The molecule has 0 amide bonds. The molecule has 24 heavy (non-hydrogen) atoms. The fourth-order valence-electron chi connectivity index (χ4n) is 3.42. The van der Waals surface area contributed by atoms with Crippen LogP contribution >= 0.6 is 0 Å². The van der Waals surface area contributed by atoms with Crippen LogP contribution in [0.25, 0.3) is 0 Å². The minimum absolute atomic E-state index is 0.0825. The lowest BCUT2D eigenvalue weighted by atomic mass is 9.96. The topological polar surface area (TPSA) is 54.9 Å². The monoisotopic (exact) mass is 331 g/mol. The van der Waals surface area contributed by atoms with Gasteiger partial charge in [-0.25, -0.2) is 4.99 Å². The van der Waals surface area contributed by atoms with Gasteiger partial charge in [-0.1, -0.05) is 25.1 Å². The molecule has 5 heteroatoms. The Morgan fingerprint density at radius 3 is 2.75 bits per heavy atom. The molecule has 2 N–H and O–H groups in total. The maximum absolute atomic E-state index is 6.02. The second kappa shape index (κ2) is 8.38. The van der Waals surface area contributed by atoms with Crippen molar-refractivity contribution in [1.29, 1.82) is 0 Å². The van der Waals surface area contributed by atoms with E-state index in [0.717, 1.165) is 37.5 Å². The number of hydrogen-bond acceptors (Lipinski definition) is 3. The number of hydrogen-bond donors (Lipinski definition) is 2. The Bertz CT molecular complexity index is 535. The van der Waals surface area contributed by atoms with E-state index in [1.165, 1.54) is 6.42 Å². The highest BCUT2D eigenvalue weighted by Gasteiger charge is 2.41. The number of ether oxygens (including phenoxy) is 2. The van der Waals surface area contributed by atoms with E-state index >= 15 is 0 Å². The number of nitrogens with one attached hydrogen (secondary N) is 2. The van der Waals surface area contributed by atoms with Gasteiger partial charge in [-0.2, -0.15) is 0 Å². The summed E-state index contributed by atoms with van der Waals surface area (Å²) >= 11 is 0. The highest BCUT2D eigenvalue weighted by atomic mass is 16.5. The average Bonchev–Trinajstić information content (AvgIpc) is 3.22. The molecule has 0 aliphatic carbocycles. The number of fused-ring (bicyclic) bond motifs is 2. The van der Waals surface area contributed by atoms with Crippen molar-refractivity contribution in [3.05, 3.63) is 30.3 Å². The first-order chi connectivity index (χ1) is 11.8. The molecule has 4 atom stereocenters. The van der Waals surface area contributed by atoms with E-state index in [4.69, 9.17) is 14.5 Å². The molecule has 4 unspecified atom stereocenters. The van der Waals surface area contributed by atoms with Crippen LogP contribution in [0.3, 0.4) is 0 Å². The van der Waals surface area contributed by atoms with E-state index in [9.17, 15) is 0 Å². The van der Waals surface area contributed by atoms with Gasteiger partial charge >= 0.3 is 0 Å². The van der Waals surface area contributed by atoms with Crippen molar-refractivity contribution in [3.8, 4) is 5.75 Å². The molecule has 0 saturated carbocycles. The van der Waals surface area contributed by atoms with Crippen LogP contribution in [-0.4, -0.2) is 43.4 Å². The van der Waals surface area contributed by atoms with Crippen LogP contribution in [0.5, 0.6) is 5.75 Å². The Labute approximate surface area is 144 Å². The normalized spacial score (nSPS) is 27.1. The highest BCUT2D eigenvalue weighted by Crippen LogP contribution is 2.34. The van der Waals surface area contributed by atoms with Crippen LogP contribution in [0.1, 0.15) is 39.5 Å². The number of aliphatic imine (C=N–C) groups is 1. The molecule has 2 aliphatic heterocycles. The molecule has 5 nitrogen and oxygen atoms in total. The molecule has 2 saturated heterocycles. The van der Waals surface area contributed by atoms with Crippen LogP contribution in [0.2, 0.25) is 0 Å². The predicted molar refractivity (Wildman–Crippen MR) is 96.6 cm³/mol. The van der Waals surface area contributed by atoms with Gasteiger partial charge in [-0.15, -0.1) is 0 Å². The number of para-hydroxylation sites is 1. The molecule has 2 bridgehead atoms. The summed E-state index contributed by atoms with van der Waals surface area (Å²) in [5.41, 5.74) is 0. The third kappa shape index (κ3) is 4.41. The lowest BCUT2D eigenvalue weighted by Crippen LogP contribution is -2.47. The Kier molecular flexibility index (Phi) is 5.96. The predicted octanol–water partition coefficient (Wildman–Crippen LogP) is 2.72. The fourth-order valence-corrected chi connectivity index (χ4v) is 3.42. The van der Waals surface area contributed by atoms with Crippen LogP contribution in [0, 0.1) is 0 Å². The Hall–Kier alpha value is -1.75. The zero-order chi connectivity index (χ0) is 16.8. The third-order valence-electron chi connectivity index (χ3n) is 4.73. The second-order valence-corrected chi connectivity index (χ2v) is 6.54. The van der Waals surface area contributed by atoms with Crippen molar-refractivity contribution in [1.82, 2.24) is 10.6 Å². The van der Waals surface area contributed by atoms with Gasteiger partial charge in [0.15, 0.2) is 5.96 Å².